The van der Waals surface area contributed by atoms with Gasteiger partial charge in [0.15, 0.2) is 10.8 Å². The summed E-state index contributed by atoms with van der Waals surface area (Å²) >= 11 is 1.48. The summed E-state index contributed by atoms with van der Waals surface area (Å²) in [4.78, 5) is 15.1. The van der Waals surface area contributed by atoms with Crippen LogP contribution < -0.4 is 0 Å². The summed E-state index contributed by atoms with van der Waals surface area (Å²) < 4.78 is 2.06. The molecule has 0 unspecified atom stereocenters. The van der Waals surface area contributed by atoms with Crippen molar-refractivity contribution in [2.75, 3.05) is 6.54 Å². The maximum Gasteiger partial charge on any atom is 0.236 e. The van der Waals surface area contributed by atoms with Gasteiger partial charge in [-0.25, -0.2) is 0 Å². The van der Waals surface area contributed by atoms with Crippen LogP contribution in [0.25, 0.3) is 16.6 Å². The number of hydrogen-bond donors (Lipinski definition) is 0. The maximum absolute atomic E-state index is 13.1. The molecule has 0 saturated carbocycles. The minimum Gasteiger partial charge on any atom is -0.337 e. The molecule has 0 spiro atoms. The van der Waals surface area contributed by atoms with Gasteiger partial charge in [-0.1, -0.05) is 54.2 Å². The summed E-state index contributed by atoms with van der Waals surface area (Å²) in [5.74, 6) is 0.151. The standard InChI is InChI=1S/C23H22N4OS/c1-15-13-21-24-25-23(27(21)20-10-6-5-9-19(15)20)29-16(2)22(28)26-12-11-17-7-3-4-8-18(17)14-26/h3-10,13,16H,11-12,14H2,1-2H3/t16-/m1/s1. The molecular formula is C23H22N4OS. The van der Waals surface area contributed by atoms with Crippen LogP contribution in [0.5, 0.6) is 0 Å². The molecule has 5 nitrogen and oxygen atoms in total. The summed E-state index contributed by atoms with van der Waals surface area (Å²) in [6.45, 7) is 5.50. The van der Waals surface area contributed by atoms with E-state index in [0.717, 1.165) is 29.3 Å². The number of amides is 1. The van der Waals surface area contributed by atoms with E-state index in [9.17, 15) is 4.79 Å². The zero-order valence-electron chi connectivity index (χ0n) is 16.5. The number of benzene rings is 2. The quantitative estimate of drug-likeness (QED) is 0.481. The van der Waals surface area contributed by atoms with Crippen molar-refractivity contribution in [1.82, 2.24) is 19.5 Å². The van der Waals surface area contributed by atoms with Crippen LogP contribution in [-0.4, -0.2) is 37.2 Å². The lowest BCUT2D eigenvalue weighted by Gasteiger charge is -2.30. The van der Waals surface area contributed by atoms with Gasteiger partial charge in [0.1, 0.15) is 0 Å². The molecule has 1 atom stereocenters. The Bertz CT molecular complexity index is 1230. The van der Waals surface area contributed by atoms with Crippen molar-refractivity contribution in [2.24, 2.45) is 0 Å². The lowest BCUT2D eigenvalue weighted by Crippen LogP contribution is -2.40. The fourth-order valence-electron chi connectivity index (χ4n) is 4.10. The zero-order valence-corrected chi connectivity index (χ0v) is 17.3. The van der Waals surface area contributed by atoms with Crippen molar-refractivity contribution in [3.05, 3.63) is 71.3 Å². The first kappa shape index (κ1) is 18.2. The molecule has 6 heteroatoms. The topological polar surface area (TPSA) is 50.5 Å². The molecule has 5 rings (SSSR count). The average Bonchev–Trinajstić information content (AvgIpc) is 3.15. The largest absolute Gasteiger partial charge is 0.337 e. The predicted molar refractivity (Wildman–Crippen MR) is 116 cm³/mol. The van der Waals surface area contributed by atoms with Crippen LogP contribution in [0.4, 0.5) is 0 Å². The first-order valence-electron chi connectivity index (χ1n) is 9.87. The monoisotopic (exact) mass is 402 g/mol. The number of carbonyl (C=O) groups excluding carboxylic acids is 1. The Kier molecular flexibility index (Phi) is 4.51. The Morgan fingerprint density at radius 3 is 2.69 bits per heavy atom. The Balaban J connectivity index is 1.43. The molecular weight excluding hydrogens is 380 g/mol. The number of aryl methyl sites for hydroxylation is 1. The van der Waals surface area contributed by atoms with Gasteiger partial charge in [0, 0.05) is 18.5 Å². The number of para-hydroxylation sites is 1. The van der Waals surface area contributed by atoms with E-state index < -0.39 is 0 Å². The Labute approximate surface area is 173 Å². The van der Waals surface area contributed by atoms with Gasteiger partial charge in [-0.3, -0.25) is 9.20 Å². The molecule has 0 aliphatic carbocycles. The Morgan fingerprint density at radius 1 is 1.07 bits per heavy atom. The molecule has 0 saturated heterocycles. The third-order valence-corrected chi connectivity index (χ3v) is 6.68. The molecule has 146 valence electrons. The number of pyridine rings is 1. The summed E-state index contributed by atoms with van der Waals surface area (Å²) in [6, 6.07) is 18.7. The normalized spacial score (nSPS) is 14.9. The lowest BCUT2D eigenvalue weighted by molar-refractivity contribution is -0.131. The molecule has 3 heterocycles. The first-order valence-corrected chi connectivity index (χ1v) is 10.8. The van der Waals surface area contributed by atoms with Gasteiger partial charge in [-0.15, -0.1) is 10.2 Å². The average molecular weight is 403 g/mol. The highest BCUT2D eigenvalue weighted by Gasteiger charge is 2.26. The third kappa shape index (κ3) is 3.17. The van der Waals surface area contributed by atoms with E-state index in [2.05, 4.69) is 51.9 Å². The van der Waals surface area contributed by atoms with Crippen LogP contribution in [0.15, 0.2) is 59.8 Å². The van der Waals surface area contributed by atoms with Crippen molar-refractivity contribution in [3.63, 3.8) is 0 Å². The summed E-state index contributed by atoms with van der Waals surface area (Å²) in [7, 11) is 0. The lowest BCUT2D eigenvalue weighted by atomic mass is 10.00. The van der Waals surface area contributed by atoms with Gasteiger partial charge in [-0.2, -0.15) is 0 Å². The second-order valence-electron chi connectivity index (χ2n) is 7.56. The van der Waals surface area contributed by atoms with Gasteiger partial charge in [0.05, 0.1) is 10.8 Å². The Hall–Kier alpha value is -2.86. The van der Waals surface area contributed by atoms with E-state index in [1.165, 1.54) is 33.8 Å². The van der Waals surface area contributed by atoms with Crippen LogP contribution in [0.3, 0.4) is 0 Å². The van der Waals surface area contributed by atoms with Crippen molar-refractivity contribution in [2.45, 2.75) is 37.2 Å². The highest BCUT2D eigenvalue weighted by molar-refractivity contribution is 8.00. The molecule has 0 N–H and O–H groups in total. The number of hydrogen-bond acceptors (Lipinski definition) is 4. The highest BCUT2D eigenvalue weighted by atomic mass is 32.2. The number of fused-ring (bicyclic) bond motifs is 4. The Morgan fingerprint density at radius 2 is 1.83 bits per heavy atom. The van der Waals surface area contributed by atoms with Gasteiger partial charge in [0.25, 0.3) is 0 Å². The fraction of sp³-hybridized carbons (Fsp3) is 0.261. The van der Waals surface area contributed by atoms with Crippen LogP contribution in [0.2, 0.25) is 0 Å². The highest BCUT2D eigenvalue weighted by Crippen LogP contribution is 2.29. The van der Waals surface area contributed by atoms with Crippen molar-refractivity contribution in [3.8, 4) is 0 Å². The number of nitrogens with zero attached hydrogens (tertiary/aromatic N) is 4. The van der Waals surface area contributed by atoms with E-state index in [0.29, 0.717) is 6.54 Å². The van der Waals surface area contributed by atoms with E-state index in [1.54, 1.807) is 0 Å². The molecule has 1 amide bonds. The van der Waals surface area contributed by atoms with Crippen LogP contribution >= 0.6 is 11.8 Å². The summed E-state index contributed by atoms with van der Waals surface area (Å²) in [5.41, 5.74) is 5.66. The molecule has 29 heavy (non-hydrogen) atoms. The smallest absolute Gasteiger partial charge is 0.236 e. The van der Waals surface area contributed by atoms with Crippen LogP contribution in [-0.2, 0) is 17.8 Å². The molecule has 1 aliphatic rings. The van der Waals surface area contributed by atoms with Gasteiger partial charge in [-0.05, 0) is 49.1 Å². The fourth-order valence-corrected chi connectivity index (χ4v) is 5.05. The summed E-state index contributed by atoms with van der Waals surface area (Å²) in [5, 5.41) is 10.5. The molecule has 0 radical (unpaired) electrons. The van der Waals surface area contributed by atoms with Crippen LogP contribution in [0, 0.1) is 6.92 Å². The maximum atomic E-state index is 13.1. The second-order valence-corrected chi connectivity index (χ2v) is 8.87. The molecule has 1 aliphatic heterocycles. The van der Waals surface area contributed by atoms with E-state index >= 15 is 0 Å². The van der Waals surface area contributed by atoms with Crippen molar-refractivity contribution >= 4 is 34.2 Å². The molecule has 2 aromatic heterocycles. The summed E-state index contributed by atoms with van der Waals surface area (Å²) in [6.07, 6.45) is 0.914. The van der Waals surface area contributed by atoms with Crippen molar-refractivity contribution < 1.29 is 4.79 Å². The SMILES string of the molecule is Cc1cc2nnc(S[C@H](C)C(=O)N3CCc4ccccc4C3)n2c2ccccc12. The van der Waals surface area contributed by atoms with Gasteiger partial charge in [0.2, 0.25) is 5.91 Å². The second kappa shape index (κ2) is 7.19. The number of aromatic nitrogens is 3. The number of thioether (sulfide) groups is 1. The number of rotatable bonds is 3. The minimum atomic E-state index is -0.229. The van der Waals surface area contributed by atoms with Gasteiger partial charge < -0.3 is 4.90 Å². The zero-order chi connectivity index (χ0) is 20.0. The van der Waals surface area contributed by atoms with E-state index in [4.69, 9.17) is 0 Å². The molecule has 4 aromatic rings. The van der Waals surface area contributed by atoms with E-state index in [-0.39, 0.29) is 11.2 Å². The third-order valence-electron chi connectivity index (χ3n) is 5.65. The van der Waals surface area contributed by atoms with Crippen LogP contribution in [0.1, 0.15) is 23.6 Å². The molecule has 2 aromatic carbocycles. The number of carbonyl (C=O) groups is 1. The molecule has 0 fully saturated rings. The van der Waals surface area contributed by atoms with Gasteiger partial charge >= 0.3 is 0 Å². The predicted octanol–water partition coefficient (Wildman–Crippen LogP) is 4.26. The minimum absolute atomic E-state index is 0.151. The van der Waals surface area contributed by atoms with Crippen molar-refractivity contribution in [1.29, 1.82) is 0 Å². The molecule has 0 bridgehead atoms. The van der Waals surface area contributed by atoms with E-state index in [1.807, 2.05) is 36.1 Å². The first-order chi connectivity index (χ1) is 14.1.